The van der Waals surface area contributed by atoms with Gasteiger partial charge in [0.15, 0.2) is 5.78 Å². The third kappa shape index (κ3) is 3.22. The number of nitrogens with zero attached hydrogens (tertiary/aromatic N) is 3. The number of carbonyl (C=O) groups is 1. The first-order valence-corrected chi connectivity index (χ1v) is 4.63. The first kappa shape index (κ1) is 11.9. The van der Waals surface area contributed by atoms with Crippen molar-refractivity contribution in [3.63, 3.8) is 0 Å². The van der Waals surface area contributed by atoms with Gasteiger partial charge in [0.05, 0.1) is 0 Å². The van der Waals surface area contributed by atoms with E-state index in [0.717, 1.165) is 0 Å². The van der Waals surface area contributed by atoms with Crippen LogP contribution in [0.2, 0.25) is 0 Å². The number of benzene rings is 1. The minimum Gasteiger partial charge on any atom is -0.294 e. The van der Waals surface area contributed by atoms with Gasteiger partial charge in [0.2, 0.25) is 0 Å². The number of halogens is 1. The number of hydrogen-bond donors (Lipinski definition) is 0. The van der Waals surface area contributed by atoms with Crippen LogP contribution in [0.5, 0.6) is 0 Å². The smallest absolute Gasteiger partial charge is 0.160 e. The lowest BCUT2D eigenvalue weighted by Gasteiger charge is -2.01. The van der Waals surface area contributed by atoms with Crippen LogP contribution in [0, 0.1) is 5.82 Å². The Kier molecular flexibility index (Phi) is 4.24. The van der Waals surface area contributed by atoms with Crippen LogP contribution in [-0.4, -0.2) is 12.3 Å². The molecule has 0 fully saturated rings. The van der Waals surface area contributed by atoms with E-state index in [1.165, 1.54) is 25.1 Å². The third-order valence-electron chi connectivity index (χ3n) is 1.94. The van der Waals surface area contributed by atoms with Gasteiger partial charge >= 0.3 is 0 Å². The molecule has 0 atom stereocenters. The summed E-state index contributed by atoms with van der Waals surface area (Å²) < 4.78 is 13.0. The van der Waals surface area contributed by atoms with E-state index in [-0.39, 0.29) is 12.3 Å². The summed E-state index contributed by atoms with van der Waals surface area (Å²) in [6.45, 7) is 1.59. The molecule has 0 aliphatic rings. The van der Waals surface area contributed by atoms with Gasteiger partial charge in [0.25, 0.3) is 0 Å². The maximum absolute atomic E-state index is 13.0. The van der Waals surface area contributed by atoms with Crippen molar-refractivity contribution in [2.75, 3.05) is 6.54 Å². The highest BCUT2D eigenvalue weighted by Gasteiger charge is 2.05. The molecule has 0 heterocycles. The Morgan fingerprint density at radius 2 is 2.38 bits per heavy atom. The van der Waals surface area contributed by atoms with E-state index in [4.69, 9.17) is 5.53 Å². The lowest BCUT2D eigenvalue weighted by Crippen LogP contribution is -1.96. The van der Waals surface area contributed by atoms with Crippen molar-refractivity contribution in [1.29, 1.82) is 0 Å². The van der Waals surface area contributed by atoms with E-state index in [0.29, 0.717) is 11.1 Å². The summed E-state index contributed by atoms with van der Waals surface area (Å²) in [5.41, 5.74) is 8.99. The number of azide groups is 1. The average molecular weight is 219 g/mol. The molecule has 0 bridgehead atoms. The molecule has 0 saturated carbocycles. The molecule has 82 valence electrons. The molecular formula is C11H10FN3O. The van der Waals surface area contributed by atoms with Crippen molar-refractivity contribution in [2.24, 2.45) is 5.11 Å². The SMILES string of the molecule is CC(=O)c1ccc(F)cc1C=CCN=[N+]=[N-]. The molecule has 0 amide bonds. The van der Waals surface area contributed by atoms with Crippen LogP contribution in [-0.2, 0) is 0 Å². The number of rotatable bonds is 4. The molecule has 0 saturated heterocycles. The third-order valence-corrected chi connectivity index (χ3v) is 1.94. The van der Waals surface area contributed by atoms with Crippen molar-refractivity contribution < 1.29 is 9.18 Å². The minimum absolute atomic E-state index is 0.136. The fourth-order valence-electron chi connectivity index (χ4n) is 1.26. The summed E-state index contributed by atoms with van der Waals surface area (Å²) in [4.78, 5) is 13.8. The second-order valence-electron chi connectivity index (χ2n) is 3.10. The summed E-state index contributed by atoms with van der Waals surface area (Å²) >= 11 is 0. The van der Waals surface area contributed by atoms with E-state index in [1.807, 2.05) is 0 Å². The van der Waals surface area contributed by atoms with Gasteiger partial charge in [-0.05, 0) is 36.2 Å². The second-order valence-corrected chi connectivity index (χ2v) is 3.10. The lowest BCUT2D eigenvalue weighted by molar-refractivity contribution is 0.101. The average Bonchev–Trinajstić information content (AvgIpc) is 2.24. The normalized spacial score (nSPS) is 10.1. The second kappa shape index (κ2) is 5.68. The quantitative estimate of drug-likeness (QED) is 0.331. The van der Waals surface area contributed by atoms with E-state index < -0.39 is 5.82 Å². The summed E-state index contributed by atoms with van der Waals surface area (Å²) in [7, 11) is 0. The number of carbonyl (C=O) groups excluding carboxylic acids is 1. The van der Waals surface area contributed by atoms with Crippen LogP contribution in [0.15, 0.2) is 29.4 Å². The van der Waals surface area contributed by atoms with Gasteiger partial charge in [-0.1, -0.05) is 17.3 Å². The van der Waals surface area contributed by atoms with Crippen molar-refractivity contribution in [3.05, 3.63) is 51.7 Å². The molecule has 0 aromatic heterocycles. The molecule has 1 rings (SSSR count). The van der Waals surface area contributed by atoms with Gasteiger partial charge in [0, 0.05) is 17.0 Å². The zero-order valence-corrected chi connectivity index (χ0v) is 8.72. The Bertz CT molecular complexity index is 476. The maximum atomic E-state index is 13.0. The highest BCUT2D eigenvalue weighted by atomic mass is 19.1. The van der Waals surface area contributed by atoms with Crippen LogP contribution in [0.25, 0.3) is 16.5 Å². The number of Topliss-reactive ketones (excluding diaryl/α,β-unsaturated/α-hetero) is 1. The zero-order chi connectivity index (χ0) is 12.0. The van der Waals surface area contributed by atoms with Gasteiger partial charge < -0.3 is 0 Å². The predicted octanol–water partition coefficient (Wildman–Crippen LogP) is 3.35. The molecular weight excluding hydrogens is 209 g/mol. The molecule has 1 aromatic carbocycles. The Morgan fingerprint density at radius 3 is 3.00 bits per heavy atom. The number of ketones is 1. The first-order chi connectivity index (χ1) is 7.65. The molecule has 0 spiro atoms. The highest BCUT2D eigenvalue weighted by Crippen LogP contribution is 2.13. The van der Waals surface area contributed by atoms with Gasteiger partial charge in [-0.2, -0.15) is 0 Å². The van der Waals surface area contributed by atoms with Crippen LogP contribution >= 0.6 is 0 Å². The molecule has 0 N–H and O–H groups in total. The van der Waals surface area contributed by atoms with Crippen LogP contribution in [0.4, 0.5) is 4.39 Å². The van der Waals surface area contributed by atoms with Gasteiger partial charge in [-0.25, -0.2) is 4.39 Å². The highest BCUT2D eigenvalue weighted by molar-refractivity contribution is 5.97. The Morgan fingerprint density at radius 1 is 1.62 bits per heavy atom. The molecule has 5 heteroatoms. The van der Waals surface area contributed by atoms with Gasteiger partial charge in [-0.3, -0.25) is 4.79 Å². The van der Waals surface area contributed by atoms with Crippen molar-refractivity contribution in [1.82, 2.24) is 0 Å². The molecule has 0 aliphatic carbocycles. The van der Waals surface area contributed by atoms with Crippen molar-refractivity contribution >= 4 is 11.9 Å². The van der Waals surface area contributed by atoms with Crippen LogP contribution < -0.4 is 0 Å². The summed E-state index contributed by atoms with van der Waals surface area (Å²) in [6.07, 6.45) is 3.13. The monoisotopic (exact) mass is 219 g/mol. The van der Waals surface area contributed by atoms with Gasteiger partial charge in [-0.15, -0.1) is 0 Å². The first-order valence-electron chi connectivity index (χ1n) is 4.63. The van der Waals surface area contributed by atoms with Gasteiger partial charge in [0.1, 0.15) is 5.82 Å². The molecule has 4 nitrogen and oxygen atoms in total. The molecule has 0 unspecified atom stereocenters. The van der Waals surface area contributed by atoms with E-state index in [9.17, 15) is 9.18 Å². The van der Waals surface area contributed by atoms with Crippen molar-refractivity contribution in [3.8, 4) is 0 Å². The van der Waals surface area contributed by atoms with Crippen LogP contribution in [0.3, 0.4) is 0 Å². The van der Waals surface area contributed by atoms with Crippen molar-refractivity contribution in [2.45, 2.75) is 6.92 Å². The predicted molar refractivity (Wildman–Crippen MR) is 59.5 cm³/mol. The Balaban J connectivity index is 3.00. The van der Waals surface area contributed by atoms with E-state index >= 15 is 0 Å². The maximum Gasteiger partial charge on any atom is 0.160 e. The Hall–Kier alpha value is -2.13. The molecule has 1 aromatic rings. The lowest BCUT2D eigenvalue weighted by atomic mass is 10.0. The largest absolute Gasteiger partial charge is 0.294 e. The van der Waals surface area contributed by atoms with E-state index in [2.05, 4.69) is 10.0 Å². The fraction of sp³-hybridized carbons (Fsp3) is 0.182. The zero-order valence-electron chi connectivity index (χ0n) is 8.72. The molecule has 0 radical (unpaired) electrons. The fourth-order valence-corrected chi connectivity index (χ4v) is 1.26. The number of hydrogen-bond acceptors (Lipinski definition) is 2. The standard InChI is InChI=1S/C11H10FN3O/c1-8(16)11-5-4-10(12)7-9(11)3-2-6-14-15-13/h2-5,7H,6H2,1H3. The molecule has 16 heavy (non-hydrogen) atoms. The Labute approximate surface area is 92.0 Å². The minimum atomic E-state index is -0.409. The summed E-state index contributed by atoms with van der Waals surface area (Å²) in [5, 5.41) is 3.30. The summed E-state index contributed by atoms with van der Waals surface area (Å²) in [6, 6.07) is 3.94. The van der Waals surface area contributed by atoms with Crippen LogP contribution in [0.1, 0.15) is 22.8 Å². The topological polar surface area (TPSA) is 65.8 Å². The summed E-state index contributed by atoms with van der Waals surface area (Å²) in [5.74, 6) is -0.545. The van der Waals surface area contributed by atoms with E-state index in [1.54, 1.807) is 12.2 Å². The molecule has 0 aliphatic heterocycles.